The molecule has 1 atom stereocenters. The summed E-state index contributed by atoms with van der Waals surface area (Å²) in [5, 5.41) is 37.8. The van der Waals surface area contributed by atoms with E-state index in [1.807, 2.05) is 0 Å². The molecule has 0 fully saturated rings. The zero-order valence-electron chi connectivity index (χ0n) is 13.3. The Kier molecular flexibility index (Phi) is 8.70. The van der Waals surface area contributed by atoms with Crippen LogP contribution in [0.4, 0.5) is 0 Å². The summed E-state index contributed by atoms with van der Waals surface area (Å²) in [6.07, 6.45) is 8.26. The summed E-state index contributed by atoms with van der Waals surface area (Å²) in [6, 6.07) is 2.35. The van der Waals surface area contributed by atoms with Gasteiger partial charge in [0.1, 0.15) is 0 Å². The standard InChI is InChI=1S/C17H28O5/c1-2-3-4-5-6-7-8-9-10-22-17(21)13-11-14(18)16(20)15(19)12-13/h11-12,17-21H,2-10H2,1H3. The quantitative estimate of drug-likeness (QED) is 0.282. The zero-order valence-corrected chi connectivity index (χ0v) is 13.3. The van der Waals surface area contributed by atoms with E-state index in [2.05, 4.69) is 6.92 Å². The second-order valence-electron chi connectivity index (χ2n) is 5.61. The van der Waals surface area contributed by atoms with Gasteiger partial charge in [0.05, 0.1) is 6.61 Å². The van der Waals surface area contributed by atoms with Gasteiger partial charge in [-0.15, -0.1) is 0 Å². The molecule has 22 heavy (non-hydrogen) atoms. The van der Waals surface area contributed by atoms with Gasteiger partial charge < -0.3 is 25.2 Å². The number of benzene rings is 1. The number of rotatable bonds is 11. The van der Waals surface area contributed by atoms with Crippen LogP contribution in [0.2, 0.25) is 0 Å². The third kappa shape index (κ3) is 6.54. The lowest BCUT2D eigenvalue weighted by molar-refractivity contribution is -0.104. The molecule has 5 nitrogen and oxygen atoms in total. The van der Waals surface area contributed by atoms with Gasteiger partial charge in [0.15, 0.2) is 23.5 Å². The fourth-order valence-electron chi connectivity index (χ4n) is 2.30. The Morgan fingerprint density at radius 2 is 1.36 bits per heavy atom. The number of aromatic hydroxyl groups is 3. The van der Waals surface area contributed by atoms with Crippen molar-refractivity contribution in [3.63, 3.8) is 0 Å². The van der Waals surface area contributed by atoms with Crippen molar-refractivity contribution >= 4 is 0 Å². The number of hydrogen-bond acceptors (Lipinski definition) is 5. The van der Waals surface area contributed by atoms with Gasteiger partial charge >= 0.3 is 0 Å². The second kappa shape index (κ2) is 10.3. The van der Waals surface area contributed by atoms with Crippen molar-refractivity contribution in [3.05, 3.63) is 17.7 Å². The third-order valence-corrected chi connectivity index (χ3v) is 3.65. The van der Waals surface area contributed by atoms with Gasteiger partial charge in [0.25, 0.3) is 0 Å². The highest BCUT2D eigenvalue weighted by Gasteiger charge is 2.14. The van der Waals surface area contributed by atoms with E-state index in [4.69, 9.17) is 4.74 Å². The molecule has 0 aromatic heterocycles. The molecule has 5 heteroatoms. The molecule has 0 aliphatic heterocycles. The first-order valence-corrected chi connectivity index (χ1v) is 8.10. The minimum absolute atomic E-state index is 0.215. The molecular formula is C17H28O5. The van der Waals surface area contributed by atoms with Crippen LogP contribution in [0.15, 0.2) is 12.1 Å². The van der Waals surface area contributed by atoms with E-state index >= 15 is 0 Å². The highest BCUT2D eigenvalue weighted by molar-refractivity contribution is 5.51. The molecule has 0 spiro atoms. The van der Waals surface area contributed by atoms with Crippen molar-refractivity contribution in [1.29, 1.82) is 0 Å². The molecule has 126 valence electrons. The van der Waals surface area contributed by atoms with Gasteiger partial charge in [0, 0.05) is 5.56 Å². The zero-order chi connectivity index (χ0) is 16.4. The third-order valence-electron chi connectivity index (χ3n) is 3.65. The monoisotopic (exact) mass is 312 g/mol. The number of phenolic OH excluding ortho intramolecular Hbond substituents is 3. The highest BCUT2D eigenvalue weighted by Crippen LogP contribution is 2.37. The topological polar surface area (TPSA) is 90.2 Å². The van der Waals surface area contributed by atoms with Crippen LogP contribution in [0.3, 0.4) is 0 Å². The van der Waals surface area contributed by atoms with Gasteiger partial charge in [0.2, 0.25) is 0 Å². The van der Waals surface area contributed by atoms with E-state index in [0.717, 1.165) is 12.8 Å². The summed E-state index contributed by atoms with van der Waals surface area (Å²) in [4.78, 5) is 0. The van der Waals surface area contributed by atoms with Crippen LogP contribution in [-0.2, 0) is 4.74 Å². The maximum absolute atomic E-state index is 9.83. The molecule has 1 rings (SSSR count). The van der Waals surface area contributed by atoms with Crippen molar-refractivity contribution < 1.29 is 25.2 Å². The molecule has 1 aromatic rings. The van der Waals surface area contributed by atoms with Crippen LogP contribution >= 0.6 is 0 Å². The Morgan fingerprint density at radius 3 is 1.91 bits per heavy atom. The van der Waals surface area contributed by atoms with Crippen LogP contribution < -0.4 is 0 Å². The summed E-state index contributed by atoms with van der Waals surface area (Å²) in [5.41, 5.74) is 0.215. The molecule has 0 heterocycles. The number of unbranched alkanes of at least 4 members (excludes halogenated alkanes) is 7. The smallest absolute Gasteiger partial charge is 0.200 e. The van der Waals surface area contributed by atoms with E-state index in [1.165, 1.54) is 50.7 Å². The largest absolute Gasteiger partial charge is 0.504 e. The molecular weight excluding hydrogens is 284 g/mol. The minimum atomic E-state index is -1.22. The Balaban J connectivity index is 2.17. The molecule has 4 N–H and O–H groups in total. The maximum atomic E-state index is 9.83. The number of phenols is 3. The number of hydrogen-bond donors (Lipinski definition) is 4. The predicted molar refractivity (Wildman–Crippen MR) is 85.0 cm³/mol. The van der Waals surface area contributed by atoms with E-state index in [-0.39, 0.29) is 5.56 Å². The summed E-state index contributed by atoms with van der Waals surface area (Å²) in [5.74, 6) is -1.56. The first-order chi connectivity index (χ1) is 10.6. The summed E-state index contributed by atoms with van der Waals surface area (Å²) in [7, 11) is 0. The molecule has 0 aliphatic rings. The molecule has 0 aliphatic carbocycles. The Labute approximate surface area is 132 Å². The number of ether oxygens (including phenoxy) is 1. The Hall–Kier alpha value is -1.46. The minimum Gasteiger partial charge on any atom is -0.504 e. The van der Waals surface area contributed by atoms with Crippen LogP contribution in [0, 0.1) is 0 Å². The average Bonchev–Trinajstić information content (AvgIpc) is 2.50. The van der Waals surface area contributed by atoms with E-state index in [0.29, 0.717) is 6.61 Å². The lowest BCUT2D eigenvalue weighted by Gasteiger charge is -2.13. The summed E-state index contributed by atoms with van der Waals surface area (Å²) in [6.45, 7) is 2.62. The highest BCUT2D eigenvalue weighted by atomic mass is 16.6. The van der Waals surface area contributed by atoms with E-state index in [9.17, 15) is 20.4 Å². The molecule has 0 saturated heterocycles. The first-order valence-electron chi connectivity index (χ1n) is 8.10. The molecule has 1 aromatic carbocycles. The van der Waals surface area contributed by atoms with Crippen LogP contribution in [0.25, 0.3) is 0 Å². The van der Waals surface area contributed by atoms with Gasteiger partial charge in [-0.1, -0.05) is 51.9 Å². The van der Waals surface area contributed by atoms with Gasteiger partial charge in [-0.05, 0) is 18.6 Å². The summed E-state index contributed by atoms with van der Waals surface area (Å²) < 4.78 is 5.27. The maximum Gasteiger partial charge on any atom is 0.200 e. The van der Waals surface area contributed by atoms with Gasteiger partial charge in [-0.3, -0.25) is 0 Å². The Bertz CT molecular complexity index is 410. The first kappa shape index (κ1) is 18.6. The van der Waals surface area contributed by atoms with Crippen molar-refractivity contribution in [1.82, 2.24) is 0 Å². The van der Waals surface area contributed by atoms with E-state index in [1.54, 1.807) is 0 Å². The molecule has 1 unspecified atom stereocenters. The second-order valence-corrected chi connectivity index (χ2v) is 5.61. The normalized spacial score (nSPS) is 12.5. The van der Waals surface area contributed by atoms with Crippen LogP contribution in [0.1, 0.15) is 70.1 Å². The van der Waals surface area contributed by atoms with Crippen molar-refractivity contribution in [3.8, 4) is 17.2 Å². The van der Waals surface area contributed by atoms with E-state index < -0.39 is 23.5 Å². The predicted octanol–water partition coefficient (Wildman–Crippen LogP) is 3.95. The SMILES string of the molecule is CCCCCCCCCCOC(O)c1cc(O)c(O)c(O)c1. The summed E-state index contributed by atoms with van der Waals surface area (Å²) >= 11 is 0. The van der Waals surface area contributed by atoms with Crippen LogP contribution in [0.5, 0.6) is 17.2 Å². The van der Waals surface area contributed by atoms with Crippen LogP contribution in [-0.4, -0.2) is 27.0 Å². The van der Waals surface area contributed by atoms with Crippen molar-refractivity contribution in [2.45, 2.75) is 64.6 Å². The molecule has 0 bridgehead atoms. The fraction of sp³-hybridized carbons (Fsp3) is 0.647. The molecule has 0 saturated carbocycles. The number of aliphatic hydroxyl groups is 1. The van der Waals surface area contributed by atoms with Crippen molar-refractivity contribution in [2.75, 3.05) is 6.61 Å². The van der Waals surface area contributed by atoms with Crippen molar-refractivity contribution in [2.24, 2.45) is 0 Å². The molecule has 0 radical (unpaired) electrons. The fourth-order valence-corrected chi connectivity index (χ4v) is 2.30. The van der Waals surface area contributed by atoms with Gasteiger partial charge in [-0.25, -0.2) is 0 Å². The average molecular weight is 312 g/mol. The lowest BCUT2D eigenvalue weighted by atomic mass is 10.1. The Morgan fingerprint density at radius 1 is 0.864 bits per heavy atom. The lowest BCUT2D eigenvalue weighted by Crippen LogP contribution is -2.04. The molecule has 0 amide bonds. The van der Waals surface area contributed by atoms with Gasteiger partial charge in [-0.2, -0.15) is 0 Å². The number of aliphatic hydroxyl groups excluding tert-OH is 1.